The molecule has 5 rings (SSSR count). The fourth-order valence-corrected chi connectivity index (χ4v) is 4.60. The Morgan fingerprint density at radius 2 is 1.69 bits per heavy atom. The molecule has 0 fully saturated rings. The van der Waals surface area contributed by atoms with E-state index in [1.54, 1.807) is 10.9 Å². The zero-order valence-corrected chi connectivity index (χ0v) is 19.7. The monoisotopic (exact) mass is 481 g/mol. The van der Waals surface area contributed by atoms with Crippen LogP contribution in [0.3, 0.4) is 0 Å². The zero-order chi connectivity index (χ0) is 23.9. The summed E-state index contributed by atoms with van der Waals surface area (Å²) >= 11 is 1.54. The van der Waals surface area contributed by atoms with Crippen LogP contribution in [0.1, 0.15) is 21.7 Å². The molecule has 0 saturated heterocycles. The molecule has 0 unspecified atom stereocenters. The third-order valence-corrected chi connectivity index (χ3v) is 6.50. The number of para-hydroxylation sites is 1. The molecule has 1 N–H and O–H groups in total. The van der Waals surface area contributed by atoms with Crippen molar-refractivity contribution in [3.05, 3.63) is 114 Å². The van der Waals surface area contributed by atoms with Gasteiger partial charge in [-0.05, 0) is 64.9 Å². The number of nitrogens with one attached hydrogen (secondary N) is 1. The van der Waals surface area contributed by atoms with Crippen LogP contribution in [-0.2, 0) is 12.2 Å². The van der Waals surface area contributed by atoms with Gasteiger partial charge in [-0.2, -0.15) is 9.78 Å². The molecule has 174 valence electrons. The van der Waals surface area contributed by atoms with Crippen molar-refractivity contribution in [1.82, 2.24) is 35.3 Å². The first kappa shape index (κ1) is 22.5. The topological polar surface area (TPSA) is 90.5 Å². The highest BCUT2D eigenvalue weighted by molar-refractivity contribution is 7.98. The predicted molar refractivity (Wildman–Crippen MR) is 135 cm³/mol. The molecule has 9 heteroatoms. The van der Waals surface area contributed by atoms with Crippen LogP contribution in [0.2, 0.25) is 0 Å². The Morgan fingerprint density at radius 1 is 0.886 bits per heavy atom. The number of aromatic nitrogens is 6. The summed E-state index contributed by atoms with van der Waals surface area (Å²) in [6, 6.07) is 27.4. The van der Waals surface area contributed by atoms with Gasteiger partial charge >= 0.3 is 0 Å². The SMILES string of the molecule is O=C(NCCc1ccc(-n2cccn2)cc1)c1ccccc1SCc1nnnn1-c1ccccc1. The summed E-state index contributed by atoms with van der Waals surface area (Å²) in [4.78, 5) is 13.8. The fourth-order valence-electron chi connectivity index (χ4n) is 3.64. The van der Waals surface area contributed by atoms with Crippen LogP contribution in [0, 0.1) is 0 Å². The van der Waals surface area contributed by atoms with E-state index in [2.05, 4.69) is 38.1 Å². The molecule has 0 spiro atoms. The Morgan fingerprint density at radius 3 is 2.49 bits per heavy atom. The van der Waals surface area contributed by atoms with Crippen molar-refractivity contribution in [3.8, 4) is 11.4 Å². The fraction of sp³-hybridized carbons (Fsp3) is 0.115. The van der Waals surface area contributed by atoms with Gasteiger partial charge in [-0.1, -0.05) is 42.5 Å². The van der Waals surface area contributed by atoms with E-state index in [-0.39, 0.29) is 5.91 Å². The number of hydrogen-bond donors (Lipinski definition) is 1. The summed E-state index contributed by atoms with van der Waals surface area (Å²) in [6.07, 6.45) is 4.41. The van der Waals surface area contributed by atoms with Gasteiger partial charge in [0.2, 0.25) is 0 Å². The molecule has 0 aliphatic rings. The Labute approximate surface area is 207 Å². The van der Waals surface area contributed by atoms with Gasteiger partial charge in [-0.3, -0.25) is 4.79 Å². The second-order valence-electron chi connectivity index (χ2n) is 7.75. The number of rotatable bonds is 9. The van der Waals surface area contributed by atoms with E-state index in [4.69, 9.17) is 0 Å². The number of amides is 1. The maximum absolute atomic E-state index is 12.9. The second kappa shape index (κ2) is 10.8. The molecule has 35 heavy (non-hydrogen) atoms. The molecule has 0 bridgehead atoms. The van der Waals surface area contributed by atoms with E-state index < -0.39 is 0 Å². The first-order chi connectivity index (χ1) is 17.3. The molecular weight excluding hydrogens is 458 g/mol. The van der Waals surface area contributed by atoms with Crippen molar-refractivity contribution in [3.63, 3.8) is 0 Å². The number of thioether (sulfide) groups is 1. The third kappa shape index (κ3) is 5.47. The Bertz CT molecular complexity index is 1380. The molecule has 0 saturated carbocycles. The standard InChI is InChI=1S/C26H23N7OS/c34-26(27-17-15-20-11-13-21(14-12-20)32-18-6-16-28-32)23-9-4-5-10-24(23)35-19-25-29-30-31-33(25)22-7-2-1-3-8-22/h1-14,16,18H,15,17,19H2,(H,27,34). The molecule has 8 nitrogen and oxygen atoms in total. The predicted octanol–water partition coefficient (Wildman–Crippen LogP) is 4.11. The minimum absolute atomic E-state index is 0.0936. The van der Waals surface area contributed by atoms with Crippen molar-refractivity contribution in [2.45, 2.75) is 17.1 Å². The molecule has 5 aromatic rings. The van der Waals surface area contributed by atoms with Gasteiger partial charge in [-0.25, -0.2) is 4.68 Å². The first-order valence-corrected chi connectivity index (χ1v) is 12.2. The highest BCUT2D eigenvalue weighted by Crippen LogP contribution is 2.26. The third-order valence-electron chi connectivity index (χ3n) is 5.43. The summed E-state index contributed by atoms with van der Waals surface area (Å²) in [5, 5.41) is 19.4. The molecule has 0 aliphatic heterocycles. The number of carbonyl (C=O) groups excluding carboxylic acids is 1. The molecule has 3 aromatic carbocycles. The minimum Gasteiger partial charge on any atom is -0.352 e. The maximum Gasteiger partial charge on any atom is 0.252 e. The van der Waals surface area contributed by atoms with Gasteiger partial charge in [0.25, 0.3) is 5.91 Å². The smallest absolute Gasteiger partial charge is 0.252 e. The lowest BCUT2D eigenvalue weighted by Crippen LogP contribution is -2.26. The molecular formula is C26H23N7OS. The number of benzene rings is 3. The lowest BCUT2D eigenvalue weighted by atomic mass is 10.1. The Hall–Kier alpha value is -4.24. The molecule has 0 radical (unpaired) electrons. The normalized spacial score (nSPS) is 10.9. The van der Waals surface area contributed by atoms with Gasteiger partial charge in [0.15, 0.2) is 5.82 Å². The van der Waals surface area contributed by atoms with E-state index in [0.29, 0.717) is 17.9 Å². The van der Waals surface area contributed by atoms with Gasteiger partial charge in [0.1, 0.15) is 0 Å². The highest BCUT2D eigenvalue weighted by Gasteiger charge is 2.14. The van der Waals surface area contributed by atoms with E-state index in [1.807, 2.05) is 83.7 Å². The second-order valence-corrected chi connectivity index (χ2v) is 8.77. The van der Waals surface area contributed by atoms with Gasteiger partial charge < -0.3 is 5.32 Å². The van der Waals surface area contributed by atoms with Crippen molar-refractivity contribution in [2.75, 3.05) is 6.54 Å². The number of tetrazole rings is 1. The average molecular weight is 482 g/mol. The lowest BCUT2D eigenvalue weighted by molar-refractivity contribution is 0.0951. The van der Waals surface area contributed by atoms with E-state index in [9.17, 15) is 4.79 Å². The first-order valence-electron chi connectivity index (χ1n) is 11.2. The molecule has 0 aliphatic carbocycles. The van der Waals surface area contributed by atoms with Crippen LogP contribution in [-0.4, -0.2) is 42.4 Å². The highest BCUT2D eigenvalue weighted by atomic mass is 32.2. The lowest BCUT2D eigenvalue weighted by Gasteiger charge is -2.10. The molecule has 1 amide bonds. The zero-order valence-electron chi connectivity index (χ0n) is 18.9. The summed E-state index contributed by atoms with van der Waals surface area (Å²) in [6.45, 7) is 0.547. The van der Waals surface area contributed by atoms with Crippen molar-refractivity contribution < 1.29 is 4.79 Å². The largest absolute Gasteiger partial charge is 0.352 e. The van der Waals surface area contributed by atoms with Crippen LogP contribution < -0.4 is 5.32 Å². The van der Waals surface area contributed by atoms with E-state index >= 15 is 0 Å². The minimum atomic E-state index is -0.0936. The van der Waals surface area contributed by atoms with Crippen LogP contribution in [0.5, 0.6) is 0 Å². The Balaban J connectivity index is 1.19. The van der Waals surface area contributed by atoms with Gasteiger partial charge in [-0.15, -0.1) is 16.9 Å². The van der Waals surface area contributed by atoms with Gasteiger partial charge in [0, 0.05) is 23.8 Å². The van der Waals surface area contributed by atoms with Crippen LogP contribution in [0.15, 0.2) is 102 Å². The van der Waals surface area contributed by atoms with Crippen molar-refractivity contribution >= 4 is 17.7 Å². The number of nitrogens with zero attached hydrogens (tertiary/aromatic N) is 6. The molecule has 2 aromatic heterocycles. The van der Waals surface area contributed by atoms with Gasteiger partial charge in [0.05, 0.1) is 22.7 Å². The number of carbonyl (C=O) groups is 1. The number of hydrogen-bond acceptors (Lipinski definition) is 6. The van der Waals surface area contributed by atoms with Crippen LogP contribution >= 0.6 is 11.8 Å². The summed E-state index contributed by atoms with van der Waals surface area (Å²) in [7, 11) is 0. The quantitative estimate of drug-likeness (QED) is 0.319. The molecule has 0 atom stereocenters. The van der Waals surface area contributed by atoms with Crippen molar-refractivity contribution in [1.29, 1.82) is 0 Å². The van der Waals surface area contributed by atoms with Crippen LogP contribution in [0.4, 0.5) is 0 Å². The maximum atomic E-state index is 12.9. The van der Waals surface area contributed by atoms with E-state index in [0.717, 1.165) is 34.1 Å². The van der Waals surface area contributed by atoms with E-state index in [1.165, 1.54) is 11.8 Å². The summed E-state index contributed by atoms with van der Waals surface area (Å²) in [5.41, 5.74) is 3.70. The summed E-state index contributed by atoms with van der Waals surface area (Å²) in [5.74, 6) is 1.16. The van der Waals surface area contributed by atoms with Crippen molar-refractivity contribution in [2.24, 2.45) is 0 Å². The molecule has 2 heterocycles. The van der Waals surface area contributed by atoms with Crippen LogP contribution in [0.25, 0.3) is 11.4 Å². The summed E-state index contributed by atoms with van der Waals surface area (Å²) < 4.78 is 3.53. The Kier molecular flexibility index (Phi) is 6.95. The average Bonchev–Trinajstić information content (AvgIpc) is 3.61.